The van der Waals surface area contributed by atoms with Gasteiger partial charge in [0.2, 0.25) is 0 Å². The van der Waals surface area contributed by atoms with Crippen LogP contribution < -0.4 is 5.56 Å². The van der Waals surface area contributed by atoms with Gasteiger partial charge in [0.1, 0.15) is 12.2 Å². The Morgan fingerprint density at radius 3 is 2.66 bits per heavy atom. The SMILES string of the molecule is CC(C)(C)[Si](C)(C)O[C@H]1[C@@H](O[P+](=O)O)[C@H](n2cnc3c(=O)[nH]nnc32)O[C@@H]1CO. The molecule has 0 saturated carbocycles. The third-order valence-electron chi connectivity index (χ3n) is 5.47. The number of aliphatic hydroxyl groups is 1. The van der Waals surface area contributed by atoms with Crippen molar-refractivity contribution in [2.75, 3.05) is 6.61 Å². The summed E-state index contributed by atoms with van der Waals surface area (Å²) in [6.45, 7) is 9.79. The Balaban J connectivity index is 2.04. The number of H-pyrrole nitrogens is 1. The first-order chi connectivity index (χ1) is 13.5. The fourth-order valence-electron chi connectivity index (χ4n) is 2.93. The summed E-state index contributed by atoms with van der Waals surface area (Å²) in [6, 6.07) is 0. The van der Waals surface area contributed by atoms with Crippen LogP contribution in [-0.4, -0.2) is 68.2 Å². The third-order valence-corrected chi connectivity index (χ3v) is 10.4. The van der Waals surface area contributed by atoms with Gasteiger partial charge in [0, 0.05) is 4.57 Å². The molecule has 29 heavy (non-hydrogen) atoms. The lowest BCUT2D eigenvalue weighted by Gasteiger charge is -2.39. The topological polar surface area (TPSA) is 162 Å². The average Bonchev–Trinajstić information content (AvgIpc) is 3.16. The van der Waals surface area contributed by atoms with Gasteiger partial charge in [-0.25, -0.2) is 10.1 Å². The molecule has 12 nitrogen and oxygen atoms in total. The lowest BCUT2D eigenvalue weighted by atomic mass is 10.1. The molecule has 1 saturated heterocycles. The molecule has 3 N–H and O–H groups in total. The molecule has 0 aliphatic carbocycles. The highest BCUT2D eigenvalue weighted by Crippen LogP contribution is 2.44. The molecular weight excluding hydrogens is 421 g/mol. The summed E-state index contributed by atoms with van der Waals surface area (Å²) in [6.07, 6.45) is -2.38. The Kier molecular flexibility index (Phi) is 6.02. The van der Waals surface area contributed by atoms with Crippen LogP contribution in [0.3, 0.4) is 0 Å². The molecule has 0 bridgehead atoms. The van der Waals surface area contributed by atoms with E-state index in [0.29, 0.717) is 0 Å². The highest BCUT2D eigenvalue weighted by atomic mass is 31.1. The maximum Gasteiger partial charge on any atom is 0.695 e. The monoisotopic (exact) mass is 446 g/mol. The van der Waals surface area contributed by atoms with E-state index in [1.54, 1.807) is 0 Å². The third kappa shape index (κ3) is 4.17. The number of ether oxygens (including phenoxy) is 1. The van der Waals surface area contributed by atoms with E-state index in [-0.39, 0.29) is 16.2 Å². The fraction of sp³-hybridized carbons (Fsp3) is 0.733. The normalized spacial score (nSPS) is 26.2. The molecule has 2 aromatic heterocycles. The molecule has 2 aromatic rings. The number of nitrogens with one attached hydrogen (secondary N) is 1. The van der Waals surface area contributed by atoms with Crippen molar-refractivity contribution in [2.24, 2.45) is 0 Å². The summed E-state index contributed by atoms with van der Waals surface area (Å²) in [5, 5.41) is 19.3. The number of imidazole rings is 1. The second-order valence-electron chi connectivity index (χ2n) is 8.36. The van der Waals surface area contributed by atoms with E-state index in [4.69, 9.17) is 13.7 Å². The number of hydrogen-bond donors (Lipinski definition) is 3. The Hall–Kier alpha value is -1.60. The Bertz CT molecular complexity index is 958. The quantitative estimate of drug-likeness (QED) is 0.428. The van der Waals surface area contributed by atoms with Crippen molar-refractivity contribution in [3.05, 3.63) is 16.7 Å². The van der Waals surface area contributed by atoms with Gasteiger partial charge in [-0.2, -0.15) is 0 Å². The Labute approximate surface area is 168 Å². The molecule has 0 amide bonds. The van der Waals surface area contributed by atoms with Crippen LogP contribution >= 0.6 is 8.25 Å². The van der Waals surface area contributed by atoms with E-state index in [0.717, 1.165) is 0 Å². The zero-order chi connectivity index (χ0) is 21.6. The first kappa shape index (κ1) is 22.1. The molecule has 0 spiro atoms. The maximum absolute atomic E-state index is 11.9. The van der Waals surface area contributed by atoms with Crippen LogP contribution in [-0.2, 0) is 18.3 Å². The van der Waals surface area contributed by atoms with Crippen molar-refractivity contribution < 1.29 is 28.3 Å². The minimum absolute atomic E-state index is 0.0325. The van der Waals surface area contributed by atoms with Gasteiger partial charge in [0.05, 0.1) is 12.9 Å². The van der Waals surface area contributed by atoms with Crippen molar-refractivity contribution in [2.45, 2.75) is 63.4 Å². The predicted octanol–water partition coefficient (Wildman–Crippen LogP) is 0.830. The number of fused-ring (bicyclic) bond motifs is 1. The smallest absolute Gasteiger partial charge is 0.408 e. The Morgan fingerprint density at radius 2 is 2.07 bits per heavy atom. The van der Waals surface area contributed by atoms with E-state index in [2.05, 4.69) is 20.4 Å². The first-order valence-corrected chi connectivity index (χ1v) is 13.0. The van der Waals surface area contributed by atoms with Gasteiger partial charge in [-0.05, 0) is 18.1 Å². The summed E-state index contributed by atoms with van der Waals surface area (Å²) in [5.74, 6) is 0. The van der Waals surface area contributed by atoms with Crippen molar-refractivity contribution in [1.82, 2.24) is 25.0 Å². The van der Waals surface area contributed by atoms with Gasteiger partial charge < -0.3 is 14.3 Å². The number of aromatic amines is 1. The van der Waals surface area contributed by atoms with E-state index < -0.39 is 53.3 Å². The molecule has 14 heteroatoms. The Morgan fingerprint density at radius 1 is 1.38 bits per heavy atom. The van der Waals surface area contributed by atoms with E-state index >= 15 is 0 Å². The van der Waals surface area contributed by atoms with Crippen LogP contribution in [0.15, 0.2) is 11.1 Å². The minimum atomic E-state index is -3.00. The second kappa shape index (κ2) is 7.91. The highest BCUT2D eigenvalue weighted by molar-refractivity contribution is 7.32. The summed E-state index contributed by atoms with van der Waals surface area (Å²) in [4.78, 5) is 25.4. The maximum atomic E-state index is 11.9. The number of rotatable bonds is 6. The summed E-state index contributed by atoms with van der Waals surface area (Å²) in [7, 11) is -5.35. The average molecular weight is 446 g/mol. The minimum Gasteiger partial charge on any atom is -0.408 e. The fourth-order valence-corrected chi connectivity index (χ4v) is 4.68. The van der Waals surface area contributed by atoms with Gasteiger partial charge in [0.25, 0.3) is 5.56 Å². The highest BCUT2D eigenvalue weighted by Gasteiger charge is 2.54. The zero-order valence-corrected chi connectivity index (χ0v) is 18.7. The molecule has 3 heterocycles. The number of aliphatic hydroxyl groups excluding tert-OH is 1. The molecule has 1 fully saturated rings. The molecule has 0 radical (unpaired) electrons. The van der Waals surface area contributed by atoms with Gasteiger partial charge in [-0.15, -0.1) is 14.5 Å². The van der Waals surface area contributed by atoms with E-state index in [9.17, 15) is 19.4 Å². The molecule has 1 aliphatic heterocycles. The van der Waals surface area contributed by atoms with Crippen LogP contribution in [0.5, 0.6) is 0 Å². The molecular formula is C15H25N5O7PSi+. The van der Waals surface area contributed by atoms with Crippen molar-refractivity contribution >= 4 is 27.7 Å². The van der Waals surface area contributed by atoms with Crippen LogP contribution in [0.4, 0.5) is 0 Å². The lowest BCUT2D eigenvalue weighted by Crippen LogP contribution is -2.50. The van der Waals surface area contributed by atoms with Gasteiger partial charge in [0.15, 0.2) is 31.8 Å². The standard InChI is InChI=1S/C15H24N5O7PSi/c1-15(2,3)29(4,5)27-10-8(6-21)25-14(11(10)26-28(23)24)20-7-16-9-12(20)17-19-18-13(9)22/h7-8,10-11,14,21H,6H2,1-5H3,(H-,17,18,22,23,24)/p+1/t8-,10-,11-,14-/m1/s1. The van der Waals surface area contributed by atoms with E-state index in [1.165, 1.54) is 10.9 Å². The molecule has 0 aromatic carbocycles. The molecule has 160 valence electrons. The summed E-state index contributed by atoms with van der Waals surface area (Å²) in [5.41, 5.74) is -0.388. The first-order valence-electron chi connectivity index (χ1n) is 9.01. The van der Waals surface area contributed by atoms with Crippen LogP contribution in [0.2, 0.25) is 18.1 Å². The molecule has 1 unspecified atom stereocenters. The second-order valence-corrected chi connectivity index (χ2v) is 13.8. The zero-order valence-electron chi connectivity index (χ0n) is 16.8. The summed E-state index contributed by atoms with van der Waals surface area (Å²) >= 11 is 0. The van der Waals surface area contributed by atoms with Crippen molar-refractivity contribution in [1.29, 1.82) is 0 Å². The molecule has 5 atom stereocenters. The van der Waals surface area contributed by atoms with Gasteiger partial charge >= 0.3 is 8.25 Å². The lowest BCUT2D eigenvalue weighted by molar-refractivity contribution is -0.0481. The van der Waals surface area contributed by atoms with Crippen molar-refractivity contribution in [3.8, 4) is 0 Å². The summed E-state index contributed by atoms with van der Waals surface area (Å²) < 4.78 is 30.5. The van der Waals surface area contributed by atoms with Crippen LogP contribution in [0.1, 0.15) is 27.0 Å². The number of hydrogen-bond acceptors (Lipinski definition) is 9. The molecule has 1 aliphatic rings. The van der Waals surface area contributed by atoms with Crippen molar-refractivity contribution in [3.63, 3.8) is 0 Å². The number of aromatic nitrogens is 5. The van der Waals surface area contributed by atoms with E-state index in [1.807, 2.05) is 33.9 Å². The van der Waals surface area contributed by atoms with Crippen LogP contribution in [0, 0.1) is 0 Å². The van der Waals surface area contributed by atoms with Crippen LogP contribution in [0.25, 0.3) is 11.2 Å². The number of nitrogens with zero attached hydrogens (tertiary/aromatic N) is 4. The molecule has 3 rings (SSSR count). The predicted molar refractivity (Wildman–Crippen MR) is 104 cm³/mol. The largest absolute Gasteiger partial charge is 0.695 e. The van der Waals surface area contributed by atoms with Gasteiger partial charge in [-0.3, -0.25) is 9.36 Å². The van der Waals surface area contributed by atoms with Gasteiger partial charge in [-0.1, -0.05) is 26.0 Å².